The van der Waals surface area contributed by atoms with Crippen molar-refractivity contribution in [2.75, 3.05) is 14.2 Å². The first-order valence-electron chi connectivity index (χ1n) is 5.92. The number of aliphatic hydroxyl groups excluding tert-OH is 1. The number of rotatable bonds is 4. The summed E-state index contributed by atoms with van der Waals surface area (Å²) in [5, 5.41) is 10.2. The van der Waals surface area contributed by atoms with Gasteiger partial charge in [-0.3, -0.25) is 0 Å². The second kappa shape index (κ2) is 5.96. The fourth-order valence-electron chi connectivity index (χ4n) is 1.75. The summed E-state index contributed by atoms with van der Waals surface area (Å²) in [5.41, 5.74) is 1.59. The van der Waals surface area contributed by atoms with E-state index in [9.17, 15) is 5.11 Å². The van der Waals surface area contributed by atoms with Gasteiger partial charge in [0.15, 0.2) is 0 Å². The number of hydrogen-bond donors (Lipinski definition) is 1. The Kier molecular flexibility index (Phi) is 4.08. The minimum Gasteiger partial charge on any atom is -0.507 e. The summed E-state index contributed by atoms with van der Waals surface area (Å²) < 4.78 is 10.4. The van der Waals surface area contributed by atoms with E-state index in [-0.39, 0.29) is 5.76 Å². The summed E-state index contributed by atoms with van der Waals surface area (Å²) in [6, 6.07) is 14.9. The van der Waals surface area contributed by atoms with Crippen LogP contribution in [-0.4, -0.2) is 19.3 Å². The molecule has 0 unspecified atom stereocenters. The summed E-state index contributed by atoms with van der Waals surface area (Å²) in [6.07, 6.45) is 1.70. The molecule has 0 spiro atoms. The third kappa shape index (κ3) is 3.28. The molecule has 2 aromatic rings. The van der Waals surface area contributed by atoms with E-state index in [0.29, 0.717) is 17.1 Å². The van der Waals surface area contributed by atoms with Gasteiger partial charge in [-0.15, -0.1) is 0 Å². The van der Waals surface area contributed by atoms with E-state index < -0.39 is 0 Å². The van der Waals surface area contributed by atoms with E-state index in [1.807, 2.05) is 30.3 Å². The predicted molar refractivity (Wildman–Crippen MR) is 76.5 cm³/mol. The molecule has 0 bridgehead atoms. The minimum atomic E-state index is 0.170. The molecule has 0 heterocycles. The SMILES string of the molecule is COc1cc(OC)cc(C(O)=Cc2ccccc2)c1. The topological polar surface area (TPSA) is 38.7 Å². The standard InChI is InChI=1S/C16H16O3/c1-18-14-9-13(10-15(11-14)19-2)16(17)8-12-6-4-3-5-7-12/h3-11,17H,1-2H3. The predicted octanol–water partition coefficient (Wildman–Crippen LogP) is 3.76. The van der Waals surface area contributed by atoms with Gasteiger partial charge in [0.2, 0.25) is 0 Å². The summed E-state index contributed by atoms with van der Waals surface area (Å²) in [4.78, 5) is 0. The quantitative estimate of drug-likeness (QED) is 0.668. The van der Waals surface area contributed by atoms with Crippen LogP contribution >= 0.6 is 0 Å². The largest absolute Gasteiger partial charge is 0.507 e. The molecule has 19 heavy (non-hydrogen) atoms. The molecular formula is C16H16O3. The van der Waals surface area contributed by atoms with Crippen molar-refractivity contribution in [3.63, 3.8) is 0 Å². The number of methoxy groups -OCH3 is 2. The van der Waals surface area contributed by atoms with Crippen molar-refractivity contribution in [1.29, 1.82) is 0 Å². The van der Waals surface area contributed by atoms with E-state index in [1.165, 1.54) is 0 Å². The monoisotopic (exact) mass is 256 g/mol. The second-order valence-corrected chi connectivity index (χ2v) is 4.04. The molecule has 2 aromatic carbocycles. The number of ether oxygens (including phenoxy) is 2. The highest BCUT2D eigenvalue weighted by atomic mass is 16.5. The Bertz CT molecular complexity index is 552. The van der Waals surface area contributed by atoms with Crippen molar-refractivity contribution in [3.05, 3.63) is 59.7 Å². The van der Waals surface area contributed by atoms with Crippen molar-refractivity contribution in [1.82, 2.24) is 0 Å². The van der Waals surface area contributed by atoms with Gasteiger partial charge in [-0.1, -0.05) is 30.3 Å². The Morgan fingerprint density at radius 2 is 1.53 bits per heavy atom. The van der Waals surface area contributed by atoms with Crippen LogP contribution in [0.5, 0.6) is 11.5 Å². The van der Waals surface area contributed by atoms with Gasteiger partial charge in [0.1, 0.15) is 17.3 Å². The highest BCUT2D eigenvalue weighted by Gasteiger charge is 2.05. The Morgan fingerprint density at radius 1 is 0.947 bits per heavy atom. The van der Waals surface area contributed by atoms with Gasteiger partial charge in [-0.25, -0.2) is 0 Å². The molecule has 0 radical (unpaired) electrons. The molecule has 0 aliphatic carbocycles. The van der Waals surface area contributed by atoms with Crippen molar-refractivity contribution in [2.45, 2.75) is 0 Å². The average Bonchev–Trinajstić information content (AvgIpc) is 2.47. The normalized spacial score (nSPS) is 11.2. The zero-order valence-electron chi connectivity index (χ0n) is 11.0. The Labute approximate surface area is 112 Å². The smallest absolute Gasteiger partial charge is 0.123 e. The van der Waals surface area contributed by atoms with Crippen molar-refractivity contribution in [2.24, 2.45) is 0 Å². The van der Waals surface area contributed by atoms with Crippen LogP contribution < -0.4 is 9.47 Å². The summed E-state index contributed by atoms with van der Waals surface area (Å²) in [6.45, 7) is 0. The van der Waals surface area contributed by atoms with Crippen molar-refractivity contribution in [3.8, 4) is 11.5 Å². The highest BCUT2D eigenvalue weighted by Crippen LogP contribution is 2.26. The molecule has 3 nitrogen and oxygen atoms in total. The fourth-order valence-corrected chi connectivity index (χ4v) is 1.75. The lowest BCUT2D eigenvalue weighted by molar-refractivity contribution is 0.393. The number of aliphatic hydroxyl groups is 1. The van der Waals surface area contributed by atoms with Gasteiger partial charge < -0.3 is 14.6 Å². The van der Waals surface area contributed by atoms with Crippen LogP contribution in [0, 0.1) is 0 Å². The van der Waals surface area contributed by atoms with E-state index in [0.717, 1.165) is 5.56 Å². The zero-order valence-corrected chi connectivity index (χ0v) is 11.0. The first-order chi connectivity index (χ1) is 9.22. The molecule has 0 fully saturated rings. The maximum absolute atomic E-state index is 10.2. The molecule has 0 amide bonds. The second-order valence-electron chi connectivity index (χ2n) is 4.04. The van der Waals surface area contributed by atoms with Gasteiger partial charge in [0, 0.05) is 11.6 Å². The van der Waals surface area contributed by atoms with E-state index >= 15 is 0 Å². The van der Waals surface area contributed by atoms with E-state index in [4.69, 9.17) is 9.47 Å². The molecule has 1 N–H and O–H groups in total. The average molecular weight is 256 g/mol. The van der Waals surface area contributed by atoms with Crippen LogP contribution in [0.25, 0.3) is 11.8 Å². The van der Waals surface area contributed by atoms with Gasteiger partial charge in [-0.2, -0.15) is 0 Å². The van der Waals surface area contributed by atoms with Crippen LogP contribution in [0.1, 0.15) is 11.1 Å². The summed E-state index contributed by atoms with van der Waals surface area (Å²) in [5.74, 6) is 1.45. The first-order valence-corrected chi connectivity index (χ1v) is 5.92. The van der Waals surface area contributed by atoms with Crippen LogP contribution in [0.4, 0.5) is 0 Å². The lowest BCUT2D eigenvalue weighted by Crippen LogP contribution is -1.91. The molecule has 0 saturated heterocycles. The molecule has 0 aliphatic heterocycles. The zero-order chi connectivity index (χ0) is 13.7. The van der Waals surface area contributed by atoms with Crippen molar-refractivity contribution < 1.29 is 14.6 Å². The van der Waals surface area contributed by atoms with Crippen LogP contribution in [0.15, 0.2) is 48.5 Å². The third-order valence-electron chi connectivity index (χ3n) is 2.75. The van der Waals surface area contributed by atoms with Gasteiger partial charge in [0.05, 0.1) is 14.2 Å². The summed E-state index contributed by atoms with van der Waals surface area (Å²) >= 11 is 0. The molecule has 98 valence electrons. The van der Waals surface area contributed by atoms with Crippen LogP contribution in [0.2, 0.25) is 0 Å². The van der Waals surface area contributed by atoms with Crippen molar-refractivity contribution >= 4 is 11.8 Å². The third-order valence-corrected chi connectivity index (χ3v) is 2.75. The van der Waals surface area contributed by atoms with E-state index in [2.05, 4.69) is 0 Å². The molecule has 0 saturated carbocycles. The minimum absolute atomic E-state index is 0.170. The Hall–Kier alpha value is -2.42. The molecule has 0 aromatic heterocycles. The van der Waals surface area contributed by atoms with Crippen LogP contribution in [0.3, 0.4) is 0 Å². The summed E-state index contributed by atoms with van der Waals surface area (Å²) in [7, 11) is 3.16. The van der Waals surface area contributed by atoms with Gasteiger partial charge >= 0.3 is 0 Å². The fraction of sp³-hybridized carbons (Fsp3) is 0.125. The van der Waals surface area contributed by atoms with Gasteiger partial charge in [-0.05, 0) is 23.8 Å². The maximum atomic E-state index is 10.2. The highest BCUT2D eigenvalue weighted by molar-refractivity contribution is 5.77. The first kappa shape index (κ1) is 13.0. The molecule has 3 heteroatoms. The van der Waals surface area contributed by atoms with Crippen LogP contribution in [-0.2, 0) is 0 Å². The molecule has 2 rings (SSSR count). The Morgan fingerprint density at radius 3 is 2.05 bits per heavy atom. The maximum Gasteiger partial charge on any atom is 0.123 e. The van der Waals surface area contributed by atoms with E-state index in [1.54, 1.807) is 38.5 Å². The molecular weight excluding hydrogens is 240 g/mol. The molecule has 0 atom stereocenters. The lowest BCUT2D eigenvalue weighted by Gasteiger charge is -2.08. The van der Waals surface area contributed by atoms with Gasteiger partial charge in [0.25, 0.3) is 0 Å². The lowest BCUT2D eigenvalue weighted by atomic mass is 10.1. The Balaban J connectivity index is 2.38. The number of hydrogen-bond acceptors (Lipinski definition) is 3. The molecule has 0 aliphatic rings. The number of benzene rings is 2.